The van der Waals surface area contributed by atoms with Gasteiger partial charge in [0.2, 0.25) is 0 Å². The molecule has 0 saturated heterocycles. The van der Waals surface area contributed by atoms with Crippen LogP contribution in [0.3, 0.4) is 0 Å². The van der Waals surface area contributed by atoms with E-state index in [1.165, 1.54) is 9.24 Å². The van der Waals surface area contributed by atoms with Crippen molar-refractivity contribution in [1.29, 1.82) is 0 Å². The highest BCUT2D eigenvalue weighted by Gasteiger charge is 1.97. The number of rotatable bonds is 3. The van der Waals surface area contributed by atoms with Crippen molar-refractivity contribution in [1.82, 2.24) is 4.98 Å². The summed E-state index contributed by atoms with van der Waals surface area (Å²) in [6.07, 6.45) is 1.94. The third-order valence-corrected chi connectivity index (χ3v) is 4.94. The highest BCUT2D eigenvalue weighted by atomic mass is 33.1. The van der Waals surface area contributed by atoms with Crippen LogP contribution in [0, 0.1) is 0 Å². The van der Waals surface area contributed by atoms with Gasteiger partial charge in [-0.25, -0.2) is 0 Å². The van der Waals surface area contributed by atoms with Crippen molar-refractivity contribution in [2.75, 3.05) is 0 Å². The molecule has 0 bridgehead atoms. The Bertz CT molecular complexity index is 278. The highest BCUT2D eigenvalue weighted by Crippen LogP contribution is 2.38. The summed E-state index contributed by atoms with van der Waals surface area (Å²) in [5.41, 5.74) is 0. The molecule has 0 fully saturated rings. The Morgan fingerprint density at radius 1 is 1.17 bits per heavy atom. The van der Waals surface area contributed by atoms with Crippen LogP contribution in [0.15, 0.2) is 45.1 Å². The largest absolute Gasteiger partial charge is 0.356 e. The van der Waals surface area contributed by atoms with E-state index in [0.717, 1.165) is 0 Å². The number of hydrogen-bond acceptors (Lipinski definition) is 3. The molecule has 1 N–H and O–H groups in total. The summed E-state index contributed by atoms with van der Waals surface area (Å²) >= 11 is 1.77. The first-order chi connectivity index (χ1) is 5.95. The maximum atomic E-state index is 3.15. The van der Waals surface area contributed by atoms with Crippen LogP contribution in [0.1, 0.15) is 0 Å². The number of hydrogen-bond donors (Lipinski definition) is 1. The lowest BCUT2D eigenvalue weighted by atomic mass is 10.7. The number of aromatic amines is 1. The van der Waals surface area contributed by atoms with Crippen LogP contribution in [0.4, 0.5) is 0 Å². The molecule has 0 atom stereocenters. The minimum absolute atomic E-state index is 1.20. The van der Waals surface area contributed by atoms with Gasteiger partial charge in [0, 0.05) is 6.20 Å². The van der Waals surface area contributed by atoms with Crippen LogP contribution < -0.4 is 0 Å². The van der Waals surface area contributed by atoms with E-state index in [2.05, 4.69) is 28.6 Å². The first kappa shape index (κ1) is 8.29. The van der Waals surface area contributed by atoms with Crippen molar-refractivity contribution >= 4 is 32.9 Å². The number of thiophene rings is 1. The molecule has 0 spiro atoms. The Balaban J connectivity index is 1.91. The Kier molecular flexibility index (Phi) is 2.81. The predicted molar refractivity (Wildman–Crippen MR) is 56.8 cm³/mol. The summed E-state index contributed by atoms with van der Waals surface area (Å²) in [4.78, 5) is 3.15. The normalized spacial score (nSPS) is 10.3. The Morgan fingerprint density at radius 3 is 2.83 bits per heavy atom. The lowest BCUT2D eigenvalue weighted by Gasteiger charge is -1.92. The number of nitrogens with one attached hydrogen (secondary N) is 1. The fourth-order valence-electron chi connectivity index (χ4n) is 0.763. The van der Waals surface area contributed by atoms with Crippen molar-refractivity contribution in [3.8, 4) is 0 Å². The van der Waals surface area contributed by atoms with E-state index in [-0.39, 0.29) is 0 Å². The molecule has 0 saturated carbocycles. The van der Waals surface area contributed by atoms with Gasteiger partial charge in [-0.15, -0.1) is 11.3 Å². The smallest absolute Gasteiger partial charge is 0.0833 e. The molecule has 0 amide bonds. The van der Waals surface area contributed by atoms with Crippen molar-refractivity contribution in [2.24, 2.45) is 0 Å². The molecule has 0 radical (unpaired) electrons. The van der Waals surface area contributed by atoms with Crippen LogP contribution in [0.25, 0.3) is 0 Å². The van der Waals surface area contributed by atoms with Gasteiger partial charge in [-0.05, 0) is 45.2 Å². The molecular formula is C8H7NS3. The van der Waals surface area contributed by atoms with Crippen LogP contribution in [-0.2, 0) is 0 Å². The summed E-state index contributed by atoms with van der Waals surface area (Å²) in [5, 5.41) is 3.30. The molecule has 0 unspecified atom stereocenters. The van der Waals surface area contributed by atoms with E-state index in [1.807, 2.05) is 12.3 Å². The van der Waals surface area contributed by atoms with Crippen molar-refractivity contribution in [2.45, 2.75) is 9.24 Å². The van der Waals surface area contributed by atoms with Crippen LogP contribution in [-0.4, -0.2) is 4.98 Å². The summed E-state index contributed by atoms with van der Waals surface area (Å²) in [6.45, 7) is 0. The van der Waals surface area contributed by atoms with Crippen LogP contribution in [0.5, 0.6) is 0 Å². The second-order valence-electron chi connectivity index (χ2n) is 2.13. The minimum atomic E-state index is 1.20. The van der Waals surface area contributed by atoms with Gasteiger partial charge >= 0.3 is 0 Å². The fourth-order valence-corrected chi connectivity index (χ4v) is 3.74. The average Bonchev–Trinajstić information content (AvgIpc) is 2.74. The maximum absolute atomic E-state index is 3.15. The van der Waals surface area contributed by atoms with Gasteiger partial charge in [-0.3, -0.25) is 0 Å². The third-order valence-electron chi connectivity index (χ3n) is 1.28. The Labute approximate surface area is 83.0 Å². The SMILES string of the molecule is c1c[nH]c(SSc2cccs2)c1. The third kappa shape index (κ3) is 2.09. The van der Waals surface area contributed by atoms with E-state index in [0.29, 0.717) is 0 Å². The first-order valence-electron chi connectivity index (χ1n) is 3.46. The lowest BCUT2D eigenvalue weighted by Crippen LogP contribution is -1.61. The second kappa shape index (κ2) is 4.07. The number of H-pyrrole nitrogens is 1. The van der Waals surface area contributed by atoms with Gasteiger partial charge in [-0.2, -0.15) is 0 Å². The van der Waals surface area contributed by atoms with E-state index in [4.69, 9.17) is 0 Å². The maximum Gasteiger partial charge on any atom is 0.0833 e. The standard InChI is InChI=1S/C8H7NS3/c1-3-7(9-5-1)11-12-8-4-2-6-10-8/h1-6,9H. The summed E-state index contributed by atoms with van der Waals surface area (Å²) < 4.78 is 1.34. The molecule has 4 heteroatoms. The highest BCUT2D eigenvalue weighted by molar-refractivity contribution is 8.77. The van der Waals surface area contributed by atoms with Crippen molar-refractivity contribution < 1.29 is 0 Å². The molecule has 2 heterocycles. The monoisotopic (exact) mass is 213 g/mol. The van der Waals surface area contributed by atoms with Gasteiger partial charge in [0.25, 0.3) is 0 Å². The molecule has 2 aromatic rings. The average molecular weight is 213 g/mol. The van der Waals surface area contributed by atoms with Gasteiger partial charge in [0.15, 0.2) is 0 Å². The van der Waals surface area contributed by atoms with Crippen LogP contribution >= 0.6 is 32.9 Å². The molecule has 0 aliphatic heterocycles. The Hall–Kier alpha value is -0.320. The predicted octanol–water partition coefficient (Wildman–Crippen LogP) is 3.88. The van der Waals surface area contributed by atoms with Gasteiger partial charge < -0.3 is 4.98 Å². The topological polar surface area (TPSA) is 15.8 Å². The molecule has 1 nitrogen and oxygen atoms in total. The first-order valence-corrected chi connectivity index (χ1v) is 6.49. The van der Waals surface area contributed by atoms with Crippen molar-refractivity contribution in [3.05, 3.63) is 35.8 Å². The quantitative estimate of drug-likeness (QED) is 0.779. The zero-order valence-corrected chi connectivity index (χ0v) is 8.64. The fraction of sp³-hybridized carbons (Fsp3) is 0. The van der Waals surface area contributed by atoms with E-state index >= 15 is 0 Å². The molecule has 2 rings (SSSR count). The van der Waals surface area contributed by atoms with E-state index < -0.39 is 0 Å². The zero-order valence-electron chi connectivity index (χ0n) is 6.19. The minimum Gasteiger partial charge on any atom is -0.356 e. The second-order valence-corrected chi connectivity index (χ2v) is 5.55. The molecular weight excluding hydrogens is 206 g/mol. The molecule has 0 aliphatic rings. The molecule has 12 heavy (non-hydrogen) atoms. The van der Waals surface area contributed by atoms with Gasteiger partial charge in [-0.1, -0.05) is 6.07 Å². The van der Waals surface area contributed by atoms with E-state index in [9.17, 15) is 0 Å². The van der Waals surface area contributed by atoms with Crippen molar-refractivity contribution in [3.63, 3.8) is 0 Å². The van der Waals surface area contributed by atoms with Crippen LogP contribution in [0.2, 0.25) is 0 Å². The molecule has 0 aromatic carbocycles. The molecule has 2 aromatic heterocycles. The van der Waals surface area contributed by atoms with Gasteiger partial charge in [0.05, 0.1) is 9.24 Å². The molecule has 0 aliphatic carbocycles. The summed E-state index contributed by atoms with van der Waals surface area (Å²) in [7, 11) is 3.55. The summed E-state index contributed by atoms with van der Waals surface area (Å²) in [6, 6.07) is 8.29. The summed E-state index contributed by atoms with van der Waals surface area (Å²) in [5.74, 6) is 0. The lowest BCUT2D eigenvalue weighted by molar-refractivity contribution is 1.21. The van der Waals surface area contributed by atoms with Gasteiger partial charge in [0.1, 0.15) is 0 Å². The zero-order chi connectivity index (χ0) is 8.23. The Morgan fingerprint density at radius 2 is 2.17 bits per heavy atom. The number of aromatic nitrogens is 1. The van der Waals surface area contributed by atoms with E-state index in [1.54, 1.807) is 32.9 Å². The molecule has 62 valence electrons.